The molecule has 1 saturated carbocycles. The summed E-state index contributed by atoms with van der Waals surface area (Å²) in [7, 11) is 0. The van der Waals surface area contributed by atoms with Gasteiger partial charge in [0.15, 0.2) is 0 Å². The Morgan fingerprint density at radius 1 is 0.757 bits per heavy atom. The lowest BCUT2D eigenvalue weighted by Gasteiger charge is -2.28. The van der Waals surface area contributed by atoms with Crippen LogP contribution in [0, 0.1) is 17.7 Å². The average molecular weight is 511 g/mol. The molecule has 0 atom stereocenters. The standard InChI is InChI=1S/C33H41F3O/c1-2-3-4-5-6-24-7-9-25(10-8-24)11-12-27-16-22-31-29(23-27)19-18-28(32(31)34)17-13-26-14-20-30(21-15-26)37-33(35)36/h14-16,18-25,33H,2-13,17H2,1H3. The molecule has 1 aliphatic carbocycles. The quantitative estimate of drug-likeness (QED) is 0.208. The number of benzene rings is 3. The van der Waals surface area contributed by atoms with E-state index in [0.29, 0.717) is 23.8 Å². The Hall–Kier alpha value is -2.49. The van der Waals surface area contributed by atoms with Crippen molar-refractivity contribution in [3.8, 4) is 5.75 Å². The Kier molecular flexibility index (Phi) is 10.3. The molecular formula is C33H41F3O. The van der Waals surface area contributed by atoms with Gasteiger partial charge in [-0.1, -0.05) is 107 Å². The van der Waals surface area contributed by atoms with E-state index in [1.165, 1.54) is 81.9 Å². The number of ether oxygens (including phenoxy) is 1. The number of hydrogen-bond acceptors (Lipinski definition) is 1. The van der Waals surface area contributed by atoms with Crippen LogP contribution < -0.4 is 4.74 Å². The first-order valence-electron chi connectivity index (χ1n) is 14.3. The molecule has 0 aromatic heterocycles. The fourth-order valence-electron chi connectivity index (χ4n) is 5.89. The zero-order valence-electron chi connectivity index (χ0n) is 22.2. The first-order valence-corrected chi connectivity index (χ1v) is 14.3. The first-order chi connectivity index (χ1) is 18.0. The number of hydrogen-bond donors (Lipinski definition) is 0. The SMILES string of the molecule is CCCCCCC1CCC(CCc2ccc3c(F)c(CCc4ccc(OC(F)F)cc4)ccc3c2)CC1. The van der Waals surface area contributed by atoms with E-state index in [1.54, 1.807) is 12.1 Å². The zero-order valence-corrected chi connectivity index (χ0v) is 22.2. The maximum absolute atomic E-state index is 15.3. The van der Waals surface area contributed by atoms with E-state index in [1.807, 2.05) is 18.2 Å². The summed E-state index contributed by atoms with van der Waals surface area (Å²) in [6, 6.07) is 16.7. The van der Waals surface area contributed by atoms with Gasteiger partial charge in [-0.2, -0.15) is 8.78 Å². The third-order valence-electron chi connectivity index (χ3n) is 8.20. The topological polar surface area (TPSA) is 9.23 Å². The van der Waals surface area contributed by atoms with Crippen molar-refractivity contribution in [3.63, 3.8) is 0 Å². The molecule has 0 heterocycles. The van der Waals surface area contributed by atoms with Crippen LogP contribution in [-0.2, 0) is 19.3 Å². The summed E-state index contributed by atoms with van der Waals surface area (Å²) in [5.74, 6) is 1.76. The third-order valence-corrected chi connectivity index (χ3v) is 8.20. The maximum Gasteiger partial charge on any atom is 0.387 e. The van der Waals surface area contributed by atoms with E-state index in [0.717, 1.165) is 29.2 Å². The summed E-state index contributed by atoms with van der Waals surface area (Å²) in [5.41, 5.74) is 2.94. The number of alkyl halides is 2. The molecule has 0 radical (unpaired) electrons. The average Bonchev–Trinajstić information content (AvgIpc) is 2.91. The van der Waals surface area contributed by atoms with Gasteiger partial charge in [-0.3, -0.25) is 0 Å². The summed E-state index contributed by atoms with van der Waals surface area (Å²) >= 11 is 0. The maximum atomic E-state index is 15.3. The van der Waals surface area contributed by atoms with E-state index in [-0.39, 0.29) is 11.6 Å². The Morgan fingerprint density at radius 3 is 2.16 bits per heavy atom. The highest BCUT2D eigenvalue weighted by atomic mass is 19.3. The molecule has 0 unspecified atom stereocenters. The van der Waals surface area contributed by atoms with Crippen molar-refractivity contribution in [1.82, 2.24) is 0 Å². The lowest BCUT2D eigenvalue weighted by atomic mass is 9.77. The third kappa shape index (κ3) is 8.25. The second-order valence-electron chi connectivity index (χ2n) is 10.9. The molecule has 3 aromatic rings. The van der Waals surface area contributed by atoms with Crippen LogP contribution in [-0.4, -0.2) is 6.61 Å². The monoisotopic (exact) mass is 510 g/mol. The lowest BCUT2D eigenvalue weighted by Crippen LogP contribution is -2.15. The Morgan fingerprint density at radius 2 is 1.46 bits per heavy atom. The molecule has 3 aromatic carbocycles. The minimum Gasteiger partial charge on any atom is -0.435 e. The van der Waals surface area contributed by atoms with Gasteiger partial charge in [0.2, 0.25) is 0 Å². The largest absolute Gasteiger partial charge is 0.435 e. The number of fused-ring (bicyclic) bond motifs is 1. The number of unbranched alkanes of at least 4 members (excludes halogenated alkanes) is 3. The lowest BCUT2D eigenvalue weighted by molar-refractivity contribution is -0.0498. The second-order valence-corrected chi connectivity index (χ2v) is 10.9. The summed E-state index contributed by atoms with van der Waals surface area (Å²) in [5, 5.41) is 1.63. The number of halogens is 3. The van der Waals surface area contributed by atoms with Gasteiger partial charge in [-0.05, 0) is 71.7 Å². The van der Waals surface area contributed by atoms with Crippen molar-refractivity contribution in [2.24, 2.45) is 11.8 Å². The molecule has 200 valence electrons. The van der Waals surface area contributed by atoms with Crippen molar-refractivity contribution in [3.05, 3.63) is 77.1 Å². The highest BCUT2D eigenvalue weighted by molar-refractivity contribution is 5.84. The fourth-order valence-corrected chi connectivity index (χ4v) is 5.89. The molecule has 1 aliphatic rings. The molecule has 0 aliphatic heterocycles. The molecule has 1 nitrogen and oxygen atoms in total. The summed E-state index contributed by atoms with van der Waals surface area (Å²) in [6.45, 7) is -0.555. The van der Waals surface area contributed by atoms with Crippen LogP contribution >= 0.6 is 0 Å². The van der Waals surface area contributed by atoms with Gasteiger partial charge in [-0.25, -0.2) is 4.39 Å². The second kappa shape index (κ2) is 13.9. The Labute approximate surface area is 220 Å². The van der Waals surface area contributed by atoms with Gasteiger partial charge < -0.3 is 4.74 Å². The number of aryl methyl sites for hydroxylation is 3. The fraction of sp³-hybridized carbons (Fsp3) is 0.515. The van der Waals surface area contributed by atoms with Gasteiger partial charge in [0.05, 0.1) is 0 Å². The van der Waals surface area contributed by atoms with Crippen LogP contribution in [0.25, 0.3) is 10.8 Å². The molecule has 37 heavy (non-hydrogen) atoms. The van der Waals surface area contributed by atoms with Crippen molar-refractivity contribution < 1.29 is 17.9 Å². The van der Waals surface area contributed by atoms with Gasteiger partial charge in [0, 0.05) is 5.39 Å². The van der Waals surface area contributed by atoms with E-state index in [9.17, 15) is 8.78 Å². The minimum atomic E-state index is -2.83. The van der Waals surface area contributed by atoms with Gasteiger partial charge in [-0.15, -0.1) is 0 Å². The molecule has 4 heteroatoms. The van der Waals surface area contributed by atoms with Crippen molar-refractivity contribution in [2.45, 2.75) is 97.0 Å². The molecule has 0 spiro atoms. The molecule has 1 fully saturated rings. The van der Waals surface area contributed by atoms with Crippen LogP contribution in [0.15, 0.2) is 54.6 Å². The van der Waals surface area contributed by atoms with Crippen LogP contribution in [0.3, 0.4) is 0 Å². The smallest absolute Gasteiger partial charge is 0.387 e. The molecule has 0 bridgehead atoms. The Balaban J connectivity index is 1.26. The van der Waals surface area contributed by atoms with E-state index in [4.69, 9.17) is 0 Å². The summed E-state index contributed by atoms with van der Waals surface area (Å²) in [6.07, 6.45) is 15.9. The predicted octanol–water partition coefficient (Wildman–Crippen LogP) is 10.1. The summed E-state index contributed by atoms with van der Waals surface area (Å²) < 4.78 is 44.3. The van der Waals surface area contributed by atoms with E-state index in [2.05, 4.69) is 23.8 Å². The molecule has 0 N–H and O–H groups in total. The molecular weight excluding hydrogens is 469 g/mol. The number of rotatable bonds is 13. The van der Waals surface area contributed by atoms with Crippen LogP contribution in [0.5, 0.6) is 5.75 Å². The van der Waals surface area contributed by atoms with Gasteiger partial charge in [0.1, 0.15) is 11.6 Å². The molecule has 4 rings (SSSR count). The molecule has 0 amide bonds. The van der Waals surface area contributed by atoms with Crippen molar-refractivity contribution in [2.75, 3.05) is 0 Å². The summed E-state index contributed by atoms with van der Waals surface area (Å²) in [4.78, 5) is 0. The highest BCUT2D eigenvalue weighted by Crippen LogP contribution is 2.34. The van der Waals surface area contributed by atoms with Crippen LogP contribution in [0.4, 0.5) is 13.2 Å². The van der Waals surface area contributed by atoms with E-state index >= 15 is 4.39 Å². The minimum absolute atomic E-state index is 0.136. The van der Waals surface area contributed by atoms with Crippen LogP contribution in [0.1, 0.15) is 87.8 Å². The predicted molar refractivity (Wildman–Crippen MR) is 147 cm³/mol. The van der Waals surface area contributed by atoms with E-state index < -0.39 is 6.61 Å². The van der Waals surface area contributed by atoms with Gasteiger partial charge >= 0.3 is 6.61 Å². The first kappa shape index (κ1) is 27.5. The molecule has 0 saturated heterocycles. The Bertz CT molecular complexity index is 1100. The van der Waals surface area contributed by atoms with Crippen molar-refractivity contribution in [1.29, 1.82) is 0 Å². The van der Waals surface area contributed by atoms with Gasteiger partial charge in [0.25, 0.3) is 0 Å². The zero-order chi connectivity index (χ0) is 26.0. The highest BCUT2D eigenvalue weighted by Gasteiger charge is 2.20. The normalized spacial score (nSPS) is 18.0. The van der Waals surface area contributed by atoms with Crippen molar-refractivity contribution >= 4 is 10.8 Å². The van der Waals surface area contributed by atoms with Crippen LogP contribution in [0.2, 0.25) is 0 Å².